The van der Waals surface area contributed by atoms with Crippen molar-refractivity contribution in [1.29, 1.82) is 0 Å². The van der Waals surface area contributed by atoms with Crippen molar-refractivity contribution >= 4 is 23.1 Å². The van der Waals surface area contributed by atoms with E-state index in [1.165, 1.54) is 6.42 Å². The zero-order valence-electron chi connectivity index (χ0n) is 15.8. The van der Waals surface area contributed by atoms with Gasteiger partial charge in [-0.2, -0.15) is 9.61 Å². The van der Waals surface area contributed by atoms with Gasteiger partial charge < -0.3 is 4.90 Å². The van der Waals surface area contributed by atoms with Crippen LogP contribution < -0.4 is 4.90 Å². The molecule has 1 aliphatic heterocycles. The average Bonchev–Trinajstić information content (AvgIpc) is 2.90. The van der Waals surface area contributed by atoms with Crippen LogP contribution in [0.5, 0.6) is 0 Å². The second-order valence-corrected chi connectivity index (χ2v) is 8.25. The highest BCUT2D eigenvalue weighted by atomic mass is 35.5. The summed E-state index contributed by atoms with van der Waals surface area (Å²) in [7, 11) is 0. The Bertz CT molecular complexity index is 935. The zero-order chi connectivity index (χ0) is 18.4. The number of aromatic nitrogens is 3. The molecule has 1 aliphatic rings. The van der Waals surface area contributed by atoms with Crippen molar-refractivity contribution in [3.05, 3.63) is 46.7 Å². The lowest BCUT2D eigenvalue weighted by molar-refractivity contribution is 0.354. The van der Waals surface area contributed by atoms with E-state index in [0.29, 0.717) is 11.8 Å². The Balaban J connectivity index is 1.88. The molecule has 4 nitrogen and oxygen atoms in total. The van der Waals surface area contributed by atoms with Crippen LogP contribution in [0.15, 0.2) is 30.3 Å². The highest BCUT2D eigenvalue weighted by Gasteiger charge is 2.25. The minimum Gasteiger partial charge on any atom is -0.356 e. The molecule has 0 unspecified atom stereocenters. The number of halogens is 1. The van der Waals surface area contributed by atoms with Gasteiger partial charge in [0.25, 0.3) is 0 Å². The van der Waals surface area contributed by atoms with Gasteiger partial charge in [-0.1, -0.05) is 37.6 Å². The fourth-order valence-corrected chi connectivity index (χ4v) is 4.38. The van der Waals surface area contributed by atoms with Crippen molar-refractivity contribution < 1.29 is 0 Å². The van der Waals surface area contributed by atoms with Crippen LogP contribution in [0.25, 0.3) is 16.8 Å². The molecule has 2 aromatic heterocycles. The maximum atomic E-state index is 6.07. The molecule has 26 heavy (non-hydrogen) atoms. The van der Waals surface area contributed by atoms with Gasteiger partial charge in [-0.15, -0.1) is 0 Å². The Morgan fingerprint density at radius 1 is 1.04 bits per heavy atom. The van der Waals surface area contributed by atoms with E-state index in [4.69, 9.17) is 21.7 Å². The van der Waals surface area contributed by atoms with Crippen molar-refractivity contribution in [2.24, 2.45) is 11.8 Å². The van der Waals surface area contributed by atoms with Crippen LogP contribution in [0, 0.1) is 25.7 Å². The molecule has 4 rings (SSSR count). The van der Waals surface area contributed by atoms with Crippen LogP contribution in [0.1, 0.15) is 31.7 Å². The summed E-state index contributed by atoms with van der Waals surface area (Å²) >= 11 is 6.07. The molecule has 0 aliphatic carbocycles. The van der Waals surface area contributed by atoms with E-state index in [1.807, 2.05) is 28.8 Å². The van der Waals surface area contributed by atoms with E-state index in [1.54, 1.807) is 0 Å². The zero-order valence-corrected chi connectivity index (χ0v) is 16.6. The van der Waals surface area contributed by atoms with Gasteiger partial charge >= 0.3 is 0 Å². The van der Waals surface area contributed by atoms with E-state index in [-0.39, 0.29) is 0 Å². The van der Waals surface area contributed by atoms with Crippen molar-refractivity contribution in [3.63, 3.8) is 0 Å². The van der Waals surface area contributed by atoms with Gasteiger partial charge in [-0.3, -0.25) is 0 Å². The molecule has 0 radical (unpaired) electrons. The number of rotatable bonds is 2. The number of hydrogen-bond acceptors (Lipinski definition) is 3. The molecule has 2 atom stereocenters. The van der Waals surface area contributed by atoms with E-state index >= 15 is 0 Å². The molecule has 3 heterocycles. The Labute approximate surface area is 159 Å². The SMILES string of the molecule is Cc1cc(N2C[C@H](C)C[C@H](C)C2)n2nc(C)c(-c3ccc(Cl)cc3)c2n1. The average molecular weight is 369 g/mol. The van der Waals surface area contributed by atoms with E-state index < -0.39 is 0 Å². The van der Waals surface area contributed by atoms with Gasteiger partial charge in [0.05, 0.1) is 5.69 Å². The van der Waals surface area contributed by atoms with Crippen molar-refractivity contribution in [1.82, 2.24) is 14.6 Å². The number of fused-ring (bicyclic) bond motifs is 1. The highest BCUT2D eigenvalue weighted by molar-refractivity contribution is 6.30. The van der Waals surface area contributed by atoms with Gasteiger partial charge in [0.15, 0.2) is 5.65 Å². The van der Waals surface area contributed by atoms with Crippen LogP contribution in [-0.4, -0.2) is 27.7 Å². The Hall–Kier alpha value is -2.07. The van der Waals surface area contributed by atoms with Gasteiger partial charge in [0.1, 0.15) is 5.82 Å². The van der Waals surface area contributed by atoms with E-state index in [9.17, 15) is 0 Å². The van der Waals surface area contributed by atoms with Crippen LogP contribution in [0.3, 0.4) is 0 Å². The second kappa shape index (κ2) is 6.58. The summed E-state index contributed by atoms with van der Waals surface area (Å²) in [6.45, 7) is 10.9. The molecule has 0 N–H and O–H groups in total. The molecule has 5 heteroatoms. The predicted octanol–water partition coefficient (Wildman–Crippen LogP) is 5.15. The number of nitrogens with zero attached hydrogens (tertiary/aromatic N) is 4. The predicted molar refractivity (Wildman–Crippen MR) is 108 cm³/mol. The monoisotopic (exact) mass is 368 g/mol. The first-order valence-electron chi connectivity index (χ1n) is 9.30. The third kappa shape index (κ3) is 3.07. The molecular formula is C21H25ClN4. The molecule has 0 saturated carbocycles. The minimum absolute atomic E-state index is 0.690. The van der Waals surface area contributed by atoms with Crippen LogP contribution in [0.4, 0.5) is 5.82 Å². The minimum atomic E-state index is 0.690. The van der Waals surface area contributed by atoms with Crippen molar-refractivity contribution in [3.8, 4) is 11.1 Å². The first kappa shape index (κ1) is 17.3. The third-order valence-electron chi connectivity index (χ3n) is 5.20. The van der Waals surface area contributed by atoms with Crippen molar-refractivity contribution in [2.75, 3.05) is 18.0 Å². The largest absolute Gasteiger partial charge is 0.356 e. The molecule has 1 fully saturated rings. The normalized spacial score (nSPS) is 20.7. The second-order valence-electron chi connectivity index (χ2n) is 7.81. The molecule has 0 amide bonds. The van der Waals surface area contributed by atoms with Gasteiger partial charge in [0, 0.05) is 35.4 Å². The summed E-state index contributed by atoms with van der Waals surface area (Å²) < 4.78 is 2.02. The molecule has 3 aromatic rings. The van der Waals surface area contributed by atoms with E-state index in [0.717, 1.165) is 52.1 Å². The lowest BCUT2D eigenvalue weighted by atomic mass is 9.92. The molecule has 1 saturated heterocycles. The van der Waals surface area contributed by atoms with Crippen LogP contribution in [-0.2, 0) is 0 Å². The summed E-state index contributed by atoms with van der Waals surface area (Å²) in [5, 5.41) is 5.60. The summed E-state index contributed by atoms with van der Waals surface area (Å²) in [6.07, 6.45) is 1.29. The lowest BCUT2D eigenvalue weighted by Crippen LogP contribution is -2.39. The Morgan fingerprint density at radius 2 is 1.69 bits per heavy atom. The molecule has 1 aromatic carbocycles. The summed E-state index contributed by atoms with van der Waals surface area (Å²) in [4.78, 5) is 7.30. The smallest absolute Gasteiger partial charge is 0.165 e. The van der Waals surface area contributed by atoms with E-state index in [2.05, 4.69) is 38.7 Å². The molecular weight excluding hydrogens is 344 g/mol. The summed E-state index contributed by atoms with van der Waals surface area (Å²) in [5.41, 5.74) is 5.13. The maximum absolute atomic E-state index is 6.07. The lowest BCUT2D eigenvalue weighted by Gasteiger charge is -2.36. The van der Waals surface area contributed by atoms with Gasteiger partial charge in [-0.25, -0.2) is 4.98 Å². The standard InChI is InChI=1S/C21H25ClN4/c1-13-9-14(2)12-25(11-13)19-10-15(3)23-21-20(16(4)24-26(19)21)17-5-7-18(22)8-6-17/h5-8,10,13-14H,9,11-12H2,1-4H3/t13-,14+. The first-order valence-corrected chi connectivity index (χ1v) is 9.68. The summed E-state index contributed by atoms with van der Waals surface area (Å²) in [5.74, 6) is 2.53. The Kier molecular flexibility index (Phi) is 4.39. The highest BCUT2D eigenvalue weighted by Crippen LogP contribution is 2.32. The van der Waals surface area contributed by atoms with Gasteiger partial charge in [0.2, 0.25) is 0 Å². The molecule has 0 bridgehead atoms. The quantitative estimate of drug-likeness (QED) is 0.627. The van der Waals surface area contributed by atoms with Crippen LogP contribution in [0.2, 0.25) is 5.02 Å². The Morgan fingerprint density at radius 3 is 2.35 bits per heavy atom. The topological polar surface area (TPSA) is 33.4 Å². The fraction of sp³-hybridized carbons (Fsp3) is 0.429. The fourth-order valence-electron chi connectivity index (χ4n) is 4.26. The van der Waals surface area contributed by atoms with Gasteiger partial charge in [-0.05, 0) is 49.8 Å². The third-order valence-corrected chi connectivity index (χ3v) is 5.45. The summed E-state index contributed by atoms with van der Waals surface area (Å²) in [6, 6.07) is 10.1. The number of anilines is 1. The molecule has 136 valence electrons. The number of aryl methyl sites for hydroxylation is 2. The molecule has 0 spiro atoms. The van der Waals surface area contributed by atoms with Crippen molar-refractivity contribution in [2.45, 2.75) is 34.1 Å². The number of benzene rings is 1. The first-order chi connectivity index (χ1) is 12.4. The maximum Gasteiger partial charge on any atom is 0.165 e. The van der Waals surface area contributed by atoms with Crippen LogP contribution >= 0.6 is 11.6 Å². The number of piperidine rings is 1. The number of hydrogen-bond donors (Lipinski definition) is 0.